The van der Waals surface area contributed by atoms with Gasteiger partial charge in [0.2, 0.25) is 0 Å². The Morgan fingerprint density at radius 2 is 2.10 bits per heavy atom. The van der Waals surface area contributed by atoms with Crippen LogP contribution in [-0.4, -0.2) is 49.8 Å². The first kappa shape index (κ1) is 16.3. The molecular weight excluding hydrogens is 248 g/mol. The largest absolute Gasteiger partial charge is 0.381 e. The minimum atomic E-state index is 0.676. The minimum Gasteiger partial charge on any atom is -0.381 e. The Morgan fingerprint density at radius 3 is 2.70 bits per heavy atom. The number of hydrogen-bond donors (Lipinski definition) is 1. The molecule has 0 amide bonds. The van der Waals surface area contributed by atoms with E-state index in [1.165, 1.54) is 32.4 Å². The fourth-order valence-corrected chi connectivity index (χ4v) is 3.59. The zero-order valence-corrected chi connectivity index (χ0v) is 13.9. The molecule has 0 aliphatic carbocycles. The predicted molar refractivity (Wildman–Crippen MR) is 85.0 cm³/mol. The van der Waals surface area contributed by atoms with Gasteiger partial charge in [-0.05, 0) is 37.1 Å². The molecule has 118 valence electrons. The van der Waals surface area contributed by atoms with Crippen LogP contribution in [-0.2, 0) is 4.74 Å². The average molecular weight is 282 g/mol. The zero-order valence-electron chi connectivity index (χ0n) is 13.9. The Labute approximate surface area is 125 Å². The summed E-state index contributed by atoms with van der Waals surface area (Å²) in [5, 5.41) is 3.79. The molecule has 2 heterocycles. The molecule has 3 nitrogen and oxygen atoms in total. The number of nitrogens with zero attached hydrogens (tertiary/aromatic N) is 1. The van der Waals surface area contributed by atoms with Gasteiger partial charge >= 0.3 is 0 Å². The maximum atomic E-state index is 5.52. The molecule has 0 spiro atoms. The topological polar surface area (TPSA) is 24.5 Å². The van der Waals surface area contributed by atoms with Crippen LogP contribution in [0, 0.1) is 17.8 Å². The second kappa shape index (κ2) is 7.77. The SMILES string of the molecule is CCC(C)C1CN(CCC2CCOC2)C(C(C)C)CN1. The van der Waals surface area contributed by atoms with Crippen molar-refractivity contribution in [3.63, 3.8) is 0 Å². The van der Waals surface area contributed by atoms with Crippen LogP contribution >= 0.6 is 0 Å². The van der Waals surface area contributed by atoms with Crippen molar-refractivity contribution < 1.29 is 4.74 Å². The van der Waals surface area contributed by atoms with E-state index in [2.05, 4.69) is 37.9 Å². The number of nitrogens with one attached hydrogen (secondary N) is 1. The highest BCUT2D eigenvalue weighted by Gasteiger charge is 2.32. The molecular formula is C17H34N2O. The molecule has 20 heavy (non-hydrogen) atoms. The normalized spacial score (nSPS) is 33.8. The molecule has 2 aliphatic rings. The third-order valence-corrected chi connectivity index (χ3v) is 5.44. The standard InChI is InChI=1S/C17H34N2O/c1-5-14(4)16-11-19(17(10-18-16)13(2)3)8-6-15-7-9-20-12-15/h13-18H,5-12H2,1-4H3. The average Bonchev–Trinajstić information content (AvgIpc) is 2.97. The van der Waals surface area contributed by atoms with Crippen molar-refractivity contribution in [2.75, 3.05) is 32.8 Å². The monoisotopic (exact) mass is 282 g/mol. The Bertz CT molecular complexity index is 276. The van der Waals surface area contributed by atoms with Crippen molar-refractivity contribution in [1.82, 2.24) is 10.2 Å². The Balaban J connectivity index is 1.88. The fraction of sp³-hybridized carbons (Fsp3) is 1.00. The number of piperazine rings is 1. The molecule has 0 aromatic heterocycles. The lowest BCUT2D eigenvalue weighted by Crippen LogP contribution is -2.60. The summed E-state index contributed by atoms with van der Waals surface area (Å²) in [5.74, 6) is 2.32. The van der Waals surface area contributed by atoms with Crippen LogP contribution in [0.25, 0.3) is 0 Å². The lowest BCUT2D eigenvalue weighted by Gasteiger charge is -2.44. The van der Waals surface area contributed by atoms with Crippen molar-refractivity contribution in [2.24, 2.45) is 17.8 Å². The summed E-state index contributed by atoms with van der Waals surface area (Å²) in [6.07, 6.45) is 3.86. The van der Waals surface area contributed by atoms with E-state index in [4.69, 9.17) is 4.74 Å². The van der Waals surface area contributed by atoms with Gasteiger partial charge in [0, 0.05) is 38.4 Å². The molecule has 1 N–H and O–H groups in total. The van der Waals surface area contributed by atoms with E-state index in [9.17, 15) is 0 Å². The molecule has 0 bridgehead atoms. The van der Waals surface area contributed by atoms with Crippen LogP contribution in [0.4, 0.5) is 0 Å². The van der Waals surface area contributed by atoms with E-state index < -0.39 is 0 Å². The van der Waals surface area contributed by atoms with Crippen molar-refractivity contribution in [3.05, 3.63) is 0 Å². The Kier molecular flexibility index (Phi) is 6.31. The van der Waals surface area contributed by atoms with Gasteiger partial charge in [0.05, 0.1) is 0 Å². The minimum absolute atomic E-state index is 0.676. The highest BCUT2D eigenvalue weighted by molar-refractivity contribution is 4.90. The van der Waals surface area contributed by atoms with Crippen molar-refractivity contribution in [2.45, 2.75) is 59.0 Å². The highest BCUT2D eigenvalue weighted by Crippen LogP contribution is 2.23. The van der Waals surface area contributed by atoms with E-state index >= 15 is 0 Å². The van der Waals surface area contributed by atoms with Crippen molar-refractivity contribution in [1.29, 1.82) is 0 Å². The summed E-state index contributed by atoms with van der Waals surface area (Å²) < 4.78 is 5.52. The van der Waals surface area contributed by atoms with Crippen LogP contribution in [0.2, 0.25) is 0 Å². The fourth-order valence-electron chi connectivity index (χ4n) is 3.59. The van der Waals surface area contributed by atoms with Gasteiger partial charge < -0.3 is 10.1 Å². The molecule has 2 saturated heterocycles. The van der Waals surface area contributed by atoms with Crippen LogP contribution < -0.4 is 5.32 Å². The maximum Gasteiger partial charge on any atom is 0.0495 e. The first-order valence-electron chi connectivity index (χ1n) is 8.67. The van der Waals surface area contributed by atoms with Crippen molar-refractivity contribution in [3.8, 4) is 0 Å². The Morgan fingerprint density at radius 1 is 1.30 bits per heavy atom. The van der Waals surface area contributed by atoms with Gasteiger partial charge in [-0.1, -0.05) is 34.1 Å². The third kappa shape index (κ3) is 4.19. The van der Waals surface area contributed by atoms with Crippen LogP contribution in [0.3, 0.4) is 0 Å². The lowest BCUT2D eigenvalue weighted by molar-refractivity contribution is 0.0752. The summed E-state index contributed by atoms with van der Waals surface area (Å²) in [4.78, 5) is 2.76. The quantitative estimate of drug-likeness (QED) is 0.811. The first-order chi connectivity index (χ1) is 9.61. The molecule has 2 aliphatic heterocycles. The number of ether oxygens (including phenoxy) is 1. The zero-order chi connectivity index (χ0) is 14.5. The molecule has 4 atom stereocenters. The van der Waals surface area contributed by atoms with E-state index in [0.29, 0.717) is 12.1 Å². The van der Waals surface area contributed by atoms with Gasteiger partial charge in [-0.2, -0.15) is 0 Å². The molecule has 2 rings (SSSR count). The first-order valence-corrected chi connectivity index (χ1v) is 8.67. The van der Waals surface area contributed by atoms with Crippen LogP contribution in [0.5, 0.6) is 0 Å². The molecule has 3 heteroatoms. The maximum absolute atomic E-state index is 5.52. The van der Waals surface area contributed by atoms with E-state index in [0.717, 1.165) is 37.5 Å². The number of rotatable bonds is 6. The summed E-state index contributed by atoms with van der Waals surface area (Å²) in [7, 11) is 0. The highest BCUT2D eigenvalue weighted by atomic mass is 16.5. The molecule has 2 fully saturated rings. The predicted octanol–water partition coefficient (Wildman–Crippen LogP) is 2.76. The van der Waals surface area contributed by atoms with E-state index in [-0.39, 0.29) is 0 Å². The van der Waals surface area contributed by atoms with Gasteiger partial charge in [0.15, 0.2) is 0 Å². The van der Waals surface area contributed by atoms with Crippen LogP contribution in [0.15, 0.2) is 0 Å². The van der Waals surface area contributed by atoms with Crippen LogP contribution in [0.1, 0.15) is 47.0 Å². The third-order valence-electron chi connectivity index (χ3n) is 5.44. The molecule has 4 unspecified atom stereocenters. The summed E-state index contributed by atoms with van der Waals surface area (Å²) in [5.41, 5.74) is 0. The molecule has 0 aromatic rings. The lowest BCUT2D eigenvalue weighted by atomic mass is 9.91. The van der Waals surface area contributed by atoms with Crippen molar-refractivity contribution >= 4 is 0 Å². The molecule has 0 aromatic carbocycles. The van der Waals surface area contributed by atoms with Gasteiger partial charge in [0.25, 0.3) is 0 Å². The Hall–Kier alpha value is -0.120. The second-order valence-electron chi connectivity index (χ2n) is 7.22. The van der Waals surface area contributed by atoms with Gasteiger partial charge in [-0.3, -0.25) is 4.90 Å². The van der Waals surface area contributed by atoms with E-state index in [1.54, 1.807) is 0 Å². The molecule has 0 saturated carbocycles. The summed E-state index contributed by atoms with van der Waals surface area (Å²) >= 11 is 0. The summed E-state index contributed by atoms with van der Waals surface area (Å²) in [6.45, 7) is 15.0. The molecule has 0 radical (unpaired) electrons. The number of hydrogen-bond acceptors (Lipinski definition) is 3. The summed E-state index contributed by atoms with van der Waals surface area (Å²) in [6, 6.07) is 1.38. The van der Waals surface area contributed by atoms with Gasteiger partial charge in [-0.15, -0.1) is 0 Å². The van der Waals surface area contributed by atoms with E-state index in [1.807, 2.05) is 0 Å². The van der Waals surface area contributed by atoms with Gasteiger partial charge in [-0.25, -0.2) is 0 Å². The smallest absolute Gasteiger partial charge is 0.0495 e. The van der Waals surface area contributed by atoms with Gasteiger partial charge in [0.1, 0.15) is 0 Å². The second-order valence-corrected chi connectivity index (χ2v) is 7.22.